The van der Waals surface area contributed by atoms with Crippen LogP contribution in [0.2, 0.25) is 5.02 Å². The predicted octanol–water partition coefficient (Wildman–Crippen LogP) is 3.52. The molecule has 0 aliphatic carbocycles. The quantitative estimate of drug-likeness (QED) is 0.885. The molecule has 2 rings (SSSR count). The Kier molecular flexibility index (Phi) is 5.16. The van der Waals surface area contributed by atoms with E-state index in [1.165, 1.54) is 0 Å². The lowest BCUT2D eigenvalue weighted by Gasteiger charge is -2.08. The summed E-state index contributed by atoms with van der Waals surface area (Å²) < 4.78 is 0. The summed E-state index contributed by atoms with van der Waals surface area (Å²) in [5.74, 6) is -0.227. The average Bonchev–Trinajstić information content (AvgIpc) is 2.46. The van der Waals surface area contributed by atoms with E-state index in [1.54, 1.807) is 24.3 Å². The van der Waals surface area contributed by atoms with Gasteiger partial charge < -0.3 is 10.4 Å². The van der Waals surface area contributed by atoms with E-state index in [9.17, 15) is 4.79 Å². The van der Waals surface area contributed by atoms with E-state index in [0.29, 0.717) is 17.0 Å². The van der Waals surface area contributed by atoms with Gasteiger partial charge >= 0.3 is 0 Å². The normalized spacial score (nSPS) is 10.3. The summed E-state index contributed by atoms with van der Waals surface area (Å²) in [6.07, 6.45) is 1.49. The Morgan fingerprint density at radius 2 is 1.95 bits per heavy atom. The first-order chi connectivity index (χ1) is 9.70. The molecule has 0 atom stereocenters. The number of hydrogen-bond acceptors (Lipinski definition) is 2. The van der Waals surface area contributed by atoms with Gasteiger partial charge in [-0.1, -0.05) is 35.9 Å². The molecule has 0 bridgehead atoms. The van der Waals surface area contributed by atoms with E-state index < -0.39 is 0 Å². The summed E-state index contributed by atoms with van der Waals surface area (Å²) in [7, 11) is 0. The Bertz CT molecular complexity index is 599. The van der Waals surface area contributed by atoms with E-state index in [4.69, 9.17) is 16.7 Å². The minimum Gasteiger partial charge on any atom is -0.396 e. The molecular weight excluding hydrogens is 274 g/mol. The molecule has 0 aromatic heterocycles. The molecule has 0 aliphatic rings. The molecule has 2 N–H and O–H groups in total. The van der Waals surface area contributed by atoms with E-state index >= 15 is 0 Å². The molecule has 0 aliphatic heterocycles. The molecule has 4 heteroatoms. The van der Waals surface area contributed by atoms with Crippen molar-refractivity contribution in [1.82, 2.24) is 0 Å². The maximum absolute atomic E-state index is 12.1. The van der Waals surface area contributed by atoms with Gasteiger partial charge in [0.05, 0.1) is 10.6 Å². The maximum atomic E-state index is 12.1. The van der Waals surface area contributed by atoms with Crippen LogP contribution >= 0.6 is 11.6 Å². The second kappa shape index (κ2) is 7.08. The number of carbonyl (C=O) groups is 1. The molecule has 0 saturated carbocycles. The van der Waals surface area contributed by atoms with Gasteiger partial charge in [-0.3, -0.25) is 4.79 Å². The van der Waals surface area contributed by atoms with E-state index in [1.807, 2.05) is 24.3 Å². The van der Waals surface area contributed by atoms with Gasteiger partial charge in [-0.15, -0.1) is 0 Å². The third-order valence-electron chi connectivity index (χ3n) is 2.93. The number of amides is 1. The summed E-state index contributed by atoms with van der Waals surface area (Å²) in [6, 6.07) is 14.5. The number of aryl methyl sites for hydroxylation is 1. The molecule has 0 spiro atoms. The lowest BCUT2D eigenvalue weighted by molar-refractivity contribution is 0.102. The maximum Gasteiger partial charge on any atom is 0.257 e. The Balaban J connectivity index is 2.10. The zero-order valence-electron chi connectivity index (χ0n) is 11.0. The Labute approximate surface area is 123 Å². The number of halogens is 1. The summed E-state index contributed by atoms with van der Waals surface area (Å²) >= 11 is 6.00. The Morgan fingerprint density at radius 3 is 2.70 bits per heavy atom. The van der Waals surface area contributed by atoms with Gasteiger partial charge in [0, 0.05) is 12.3 Å². The molecule has 0 unspecified atom stereocenters. The van der Waals surface area contributed by atoms with Gasteiger partial charge in [0.2, 0.25) is 0 Å². The fourth-order valence-corrected chi connectivity index (χ4v) is 2.15. The van der Waals surface area contributed by atoms with Crippen LogP contribution in [0.1, 0.15) is 22.3 Å². The van der Waals surface area contributed by atoms with Crippen molar-refractivity contribution in [2.75, 3.05) is 11.9 Å². The van der Waals surface area contributed by atoms with Gasteiger partial charge in [-0.05, 0) is 42.7 Å². The molecule has 0 saturated heterocycles. The number of hydrogen-bond donors (Lipinski definition) is 2. The van der Waals surface area contributed by atoms with Crippen molar-refractivity contribution in [3.8, 4) is 0 Å². The van der Waals surface area contributed by atoms with Crippen LogP contribution in [0.25, 0.3) is 0 Å². The monoisotopic (exact) mass is 289 g/mol. The highest BCUT2D eigenvalue weighted by atomic mass is 35.5. The fraction of sp³-hybridized carbons (Fsp3) is 0.188. The predicted molar refractivity (Wildman–Crippen MR) is 81.3 cm³/mol. The molecule has 104 valence electrons. The average molecular weight is 290 g/mol. The highest BCUT2D eigenvalue weighted by Gasteiger charge is 2.09. The third kappa shape index (κ3) is 3.83. The van der Waals surface area contributed by atoms with Crippen molar-refractivity contribution in [3.05, 3.63) is 64.7 Å². The smallest absolute Gasteiger partial charge is 0.257 e. The topological polar surface area (TPSA) is 49.3 Å². The molecule has 1 amide bonds. The molecular formula is C16H16ClNO2. The molecule has 2 aromatic rings. The lowest BCUT2D eigenvalue weighted by Crippen LogP contribution is -2.12. The second-order valence-corrected chi connectivity index (χ2v) is 4.87. The number of aliphatic hydroxyl groups is 1. The molecule has 0 radical (unpaired) electrons. The van der Waals surface area contributed by atoms with Crippen LogP contribution in [0.4, 0.5) is 5.69 Å². The number of carbonyl (C=O) groups excluding carboxylic acids is 1. The molecule has 3 nitrogen and oxygen atoms in total. The largest absolute Gasteiger partial charge is 0.396 e. The minimum atomic E-state index is -0.227. The van der Waals surface area contributed by atoms with Crippen LogP contribution in [0.3, 0.4) is 0 Å². The zero-order chi connectivity index (χ0) is 14.4. The van der Waals surface area contributed by atoms with Crippen LogP contribution in [0.15, 0.2) is 48.5 Å². The highest BCUT2D eigenvalue weighted by molar-refractivity contribution is 6.34. The van der Waals surface area contributed by atoms with Gasteiger partial charge in [-0.2, -0.15) is 0 Å². The summed E-state index contributed by atoms with van der Waals surface area (Å²) in [5, 5.41) is 12.1. The van der Waals surface area contributed by atoms with Crippen LogP contribution in [-0.4, -0.2) is 17.6 Å². The number of aliphatic hydroxyl groups excluding tert-OH is 1. The summed E-state index contributed by atoms with van der Waals surface area (Å²) in [6.45, 7) is 0.163. The van der Waals surface area contributed by atoms with Gasteiger partial charge in [0.1, 0.15) is 0 Å². The number of nitrogens with one attached hydrogen (secondary N) is 1. The van der Waals surface area contributed by atoms with Crippen LogP contribution in [0.5, 0.6) is 0 Å². The minimum absolute atomic E-state index is 0.163. The SMILES string of the molecule is O=C(Nc1cccc(CCCO)c1)c1ccccc1Cl. The highest BCUT2D eigenvalue weighted by Crippen LogP contribution is 2.18. The van der Waals surface area contributed by atoms with E-state index in [0.717, 1.165) is 17.7 Å². The lowest BCUT2D eigenvalue weighted by atomic mass is 10.1. The van der Waals surface area contributed by atoms with Gasteiger partial charge in [0.25, 0.3) is 5.91 Å². The van der Waals surface area contributed by atoms with Crippen molar-refractivity contribution < 1.29 is 9.90 Å². The number of benzene rings is 2. The van der Waals surface area contributed by atoms with Crippen molar-refractivity contribution in [2.24, 2.45) is 0 Å². The first kappa shape index (κ1) is 14.6. The Morgan fingerprint density at radius 1 is 1.15 bits per heavy atom. The summed E-state index contributed by atoms with van der Waals surface area (Å²) in [5.41, 5.74) is 2.26. The molecule has 0 fully saturated rings. The van der Waals surface area contributed by atoms with Crippen molar-refractivity contribution in [1.29, 1.82) is 0 Å². The van der Waals surface area contributed by atoms with Gasteiger partial charge in [-0.25, -0.2) is 0 Å². The van der Waals surface area contributed by atoms with Crippen molar-refractivity contribution in [2.45, 2.75) is 12.8 Å². The van der Waals surface area contributed by atoms with Crippen molar-refractivity contribution in [3.63, 3.8) is 0 Å². The molecule has 20 heavy (non-hydrogen) atoms. The zero-order valence-corrected chi connectivity index (χ0v) is 11.7. The number of anilines is 1. The van der Waals surface area contributed by atoms with Crippen LogP contribution in [0, 0.1) is 0 Å². The van der Waals surface area contributed by atoms with Crippen LogP contribution < -0.4 is 5.32 Å². The fourth-order valence-electron chi connectivity index (χ4n) is 1.93. The first-order valence-corrected chi connectivity index (χ1v) is 6.84. The molecule has 0 heterocycles. The Hall–Kier alpha value is -1.84. The van der Waals surface area contributed by atoms with Crippen LogP contribution in [-0.2, 0) is 6.42 Å². The standard InChI is InChI=1S/C16H16ClNO2/c17-15-9-2-1-8-14(15)16(20)18-13-7-3-5-12(11-13)6-4-10-19/h1-3,5,7-9,11,19H,4,6,10H2,(H,18,20). The van der Waals surface area contributed by atoms with Crippen molar-refractivity contribution >= 4 is 23.2 Å². The van der Waals surface area contributed by atoms with Gasteiger partial charge in [0.15, 0.2) is 0 Å². The first-order valence-electron chi connectivity index (χ1n) is 6.46. The second-order valence-electron chi connectivity index (χ2n) is 4.46. The number of rotatable bonds is 5. The van der Waals surface area contributed by atoms with E-state index in [-0.39, 0.29) is 12.5 Å². The summed E-state index contributed by atoms with van der Waals surface area (Å²) in [4.78, 5) is 12.1. The molecule has 2 aromatic carbocycles. The van der Waals surface area contributed by atoms with E-state index in [2.05, 4.69) is 5.32 Å². The third-order valence-corrected chi connectivity index (χ3v) is 3.26.